The number of nitrogens with one attached hydrogen (secondary N) is 1. The molecule has 0 unspecified atom stereocenters. The van der Waals surface area contributed by atoms with Gasteiger partial charge in [0.15, 0.2) is 5.16 Å². The summed E-state index contributed by atoms with van der Waals surface area (Å²) >= 11 is 1.58. The Hall–Kier alpha value is -0.970. The molecule has 0 amide bonds. The Morgan fingerprint density at radius 3 is 2.81 bits per heavy atom. The van der Waals surface area contributed by atoms with Crippen molar-refractivity contribution in [2.24, 2.45) is 0 Å². The van der Waals surface area contributed by atoms with E-state index in [2.05, 4.69) is 34.2 Å². The molecule has 1 heterocycles. The highest BCUT2D eigenvalue weighted by Crippen LogP contribution is 2.30. The molecule has 0 aliphatic heterocycles. The lowest BCUT2D eigenvalue weighted by Crippen LogP contribution is -2.21. The summed E-state index contributed by atoms with van der Waals surface area (Å²) in [5.74, 6) is 1.95. The summed E-state index contributed by atoms with van der Waals surface area (Å²) in [7, 11) is 2.11. The highest BCUT2D eigenvalue weighted by Gasteiger charge is 2.27. The first-order valence-electron chi connectivity index (χ1n) is 5.64. The van der Waals surface area contributed by atoms with Gasteiger partial charge in [-0.15, -0.1) is 0 Å². The van der Waals surface area contributed by atoms with Crippen LogP contribution in [0.4, 0.5) is 11.6 Å². The first-order chi connectivity index (χ1) is 7.74. The molecule has 1 aliphatic rings. The first kappa shape index (κ1) is 11.5. The quantitative estimate of drug-likeness (QED) is 0.629. The number of anilines is 2. The molecule has 0 radical (unpaired) electrons. The number of aromatic nitrogens is 2. The first-order valence-corrected chi connectivity index (χ1v) is 6.87. The Bertz CT molecular complexity index is 365. The molecule has 0 aromatic carbocycles. The molecule has 0 atom stereocenters. The third-order valence-corrected chi connectivity index (χ3v) is 3.24. The fourth-order valence-electron chi connectivity index (χ4n) is 1.61. The van der Waals surface area contributed by atoms with Gasteiger partial charge < -0.3 is 10.2 Å². The molecule has 0 saturated heterocycles. The summed E-state index contributed by atoms with van der Waals surface area (Å²) in [5.41, 5.74) is 0. The molecule has 2 rings (SSSR count). The van der Waals surface area contributed by atoms with E-state index < -0.39 is 0 Å². The van der Waals surface area contributed by atoms with Gasteiger partial charge in [-0.3, -0.25) is 0 Å². The van der Waals surface area contributed by atoms with Gasteiger partial charge in [-0.05, 0) is 26.0 Å². The zero-order valence-corrected chi connectivity index (χ0v) is 10.8. The topological polar surface area (TPSA) is 41.0 Å². The van der Waals surface area contributed by atoms with Crippen LogP contribution < -0.4 is 10.2 Å². The van der Waals surface area contributed by atoms with E-state index in [4.69, 9.17) is 0 Å². The van der Waals surface area contributed by atoms with Crippen LogP contribution in [0.25, 0.3) is 0 Å². The largest absolute Gasteiger partial charge is 0.370 e. The summed E-state index contributed by atoms with van der Waals surface area (Å²) in [5, 5.41) is 4.08. The molecule has 88 valence electrons. The predicted molar refractivity (Wildman–Crippen MR) is 69.4 cm³/mol. The van der Waals surface area contributed by atoms with E-state index in [1.54, 1.807) is 11.8 Å². The molecule has 4 nitrogen and oxygen atoms in total. The summed E-state index contributed by atoms with van der Waals surface area (Å²) in [4.78, 5) is 11.2. The normalized spacial score (nSPS) is 14.9. The minimum Gasteiger partial charge on any atom is -0.370 e. The highest BCUT2D eigenvalue weighted by molar-refractivity contribution is 7.98. The standard InChI is InChI=1S/C11H18N4S/c1-4-12-9-7-10(14-11(13-9)16-3)15(2)8-5-6-8/h7-8H,4-6H2,1-3H3,(H,12,13,14). The number of hydrogen-bond donors (Lipinski definition) is 1. The van der Waals surface area contributed by atoms with E-state index in [1.165, 1.54) is 12.8 Å². The summed E-state index contributed by atoms with van der Waals surface area (Å²) in [6.07, 6.45) is 4.57. The Balaban J connectivity index is 2.24. The summed E-state index contributed by atoms with van der Waals surface area (Å²) < 4.78 is 0. The van der Waals surface area contributed by atoms with Crippen LogP contribution in [0.3, 0.4) is 0 Å². The molecule has 1 aliphatic carbocycles. The van der Waals surface area contributed by atoms with Crippen molar-refractivity contribution in [3.63, 3.8) is 0 Å². The summed E-state index contributed by atoms with van der Waals surface area (Å²) in [6, 6.07) is 2.71. The lowest BCUT2D eigenvalue weighted by molar-refractivity contribution is 0.852. The van der Waals surface area contributed by atoms with Crippen LogP contribution in [0.15, 0.2) is 11.2 Å². The third kappa shape index (κ3) is 2.58. The molecule has 0 spiro atoms. The molecule has 1 fully saturated rings. The second kappa shape index (κ2) is 4.91. The maximum atomic E-state index is 4.53. The van der Waals surface area contributed by atoms with E-state index in [1.807, 2.05) is 12.3 Å². The van der Waals surface area contributed by atoms with Crippen LogP contribution in [0.2, 0.25) is 0 Å². The number of rotatable bonds is 5. The minimum absolute atomic E-state index is 0.680. The van der Waals surface area contributed by atoms with Gasteiger partial charge in [-0.2, -0.15) is 0 Å². The van der Waals surface area contributed by atoms with Crippen molar-refractivity contribution in [2.75, 3.05) is 30.1 Å². The third-order valence-electron chi connectivity index (χ3n) is 2.69. The molecule has 16 heavy (non-hydrogen) atoms. The van der Waals surface area contributed by atoms with Crippen LogP contribution in [-0.4, -0.2) is 35.9 Å². The van der Waals surface area contributed by atoms with Gasteiger partial charge in [0.2, 0.25) is 0 Å². The Labute approximate surface area is 101 Å². The number of thioether (sulfide) groups is 1. The molecule has 1 N–H and O–H groups in total. The second-order valence-corrected chi connectivity index (χ2v) is 4.74. The highest BCUT2D eigenvalue weighted by atomic mass is 32.2. The van der Waals surface area contributed by atoms with Crippen molar-refractivity contribution in [2.45, 2.75) is 31.0 Å². The molecule has 1 aromatic rings. The average Bonchev–Trinajstić information content (AvgIpc) is 3.12. The van der Waals surface area contributed by atoms with Crippen LogP contribution >= 0.6 is 11.8 Å². The van der Waals surface area contributed by atoms with Crippen molar-refractivity contribution in [1.29, 1.82) is 0 Å². The smallest absolute Gasteiger partial charge is 0.191 e. The monoisotopic (exact) mass is 238 g/mol. The number of nitrogens with zero attached hydrogens (tertiary/aromatic N) is 3. The van der Waals surface area contributed by atoms with Gasteiger partial charge in [0.05, 0.1) is 0 Å². The maximum Gasteiger partial charge on any atom is 0.191 e. The van der Waals surface area contributed by atoms with Gasteiger partial charge in [-0.25, -0.2) is 9.97 Å². The van der Waals surface area contributed by atoms with Crippen LogP contribution in [0.5, 0.6) is 0 Å². The van der Waals surface area contributed by atoms with Gasteiger partial charge in [0.1, 0.15) is 11.6 Å². The van der Waals surface area contributed by atoms with E-state index in [0.29, 0.717) is 6.04 Å². The van der Waals surface area contributed by atoms with E-state index >= 15 is 0 Å². The SMILES string of the molecule is CCNc1cc(N(C)C2CC2)nc(SC)n1. The van der Waals surface area contributed by atoms with Gasteiger partial charge in [0, 0.05) is 25.7 Å². The molecule has 5 heteroatoms. The fraction of sp³-hybridized carbons (Fsp3) is 0.636. The van der Waals surface area contributed by atoms with Gasteiger partial charge in [-0.1, -0.05) is 11.8 Å². The molecule has 1 saturated carbocycles. The van der Waals surface area contributed by atoms with E-state index in [0.717, 1.165) is 23.3 Å². The van der Waals surface area contributed by atoms with Gasteiger partial charge in [0.25, 0.3) is 0 Å². The Morgan fingerprint density at radius 2 is 2.25 bits per heavy atom. The van der Waals surface area contributed by atoms with Crippen molar-refractivity contribution < 1.29 is 0 Å². The lowest BCUT2D eigenvalue weighted by Gasteiger charge is -2.18. The maximum absolute atomic E-state index is 4.53. The Morgan fingerprint density at radius 1 is 1.50 bits per heavy atom. The predicted octanol–water partition coefficient (Wildman–Crippen LogP) is 2.23. The molecular formula is C11H18N4S. The van der Waals surface area contributed by atoms with Crippen LogP contribution in [0, 0.1) is 0 Å². The number of hydrogen-bond acceptors (Lipinski definition) is 5. The van der Waals surface area contributed by atoms with Crippen molar-refractivity contribution in [1.82, 2.24) is 9.97 Å². The zero-order valence-electron chi connectivity index (χ0n) is 10.0. The molecule has 1 aromatic heterocycles. The fourth-order valence-corrected chi connectivity index (χ4v) is 1.98. The molecular weight excluding hydrogens is 220 g/mol. The van der Waals surface area contributed by atoms with Crippen molar-refractivity contribution >= 4 is 23.4 Å². The van der Waals surface area contributed by atoms with Crippen molar-refractivity contribution in [3.8, 4) is 0 Å². The lowest BCUT2D eigenvalue weighted by atomic mass is 10.4. The van der Waals surface area contributed by atoms with Crippen LogP contribution in [0.1, 0.15) is 19.8 Å². The second-order valence-electron chi connectivity index (χ2n) is 3.97. The Kier molecular flexibility index (Phi) is 3.53. The van der Waals surface area contributed by atoms with Gasteiger partial charge >= 0.3 is 0 Å². The molecule has 0 bridgehead atoms. The minimum atomic E-state index is 0.680. The zero-order chi connectivity index (χ0) is 11.5. The van der Waals surface area contributed by atoms with Crippen molar-refractivity contribution in [3.05, 3.63) is 6.07 Å². The van der Waals surface area contributed by atoms with E-state index in [-0.39, 0.29) is 0 Å². The average molecular weight is 238 g/mol. The van der Waals surface area contributed by atoms with Crippen LogP contribution in [-0.2, 0) is 0 Å². The summed E-state index contributed by atoms with van der Waals surface area (Å²) in [6.45, 7) is 2.96. The van der Waals surface area contributed by atoms with E-state index in [9.17, 15) is 0 Å².